The van der Waals surface area contributed by atoms with E-state index in [0.29, 0.717) is 19.4 Å². The predicted molar refractivity (Wildman–Crippen MR) is 80.4 cm³/mol. The zero-order chi connectivity index (χ0) is 15.5. The fourth-order valence-electron chi connectivity index (χ4n) is 2.98. The summed E-state index contributed by atoms with van der Waals surface area (Å²) in [6, 6.07) is 2.37. The molecule has 0 saturated heterocycles. The molecule has 1 saturated carbocycles. The van der Waals surface area contributed by atoms with Gasteiger partial charge in [-0.3, -0.25) is 4.79 Å². The van der Waals surface area contributed by atoms with Gasteiger partial charge in [0.05, 0.1) is 10.0 Å². The quantitative estimate of drug-likeness (QED) is 0.427. The summed E-state index contributed by atoms with van der Waals surface area (Å²) >= 11 is 3.01. The molecule has 1 aromatic rings. The predicted octanol–water partition coefficient (Wildman–Crippen LogP) is 5.04. The van der Waals surface area contributed by atoms with E-state index in [1.54, 1.807) is 6.92 Å². The van der Waals surface area contributed by atoms with Crippen molar-refractivity contribution in [2.24, 2.45) is 0 Å². The molecule has 0 unspecified atom stereocenters. The van der Waals surface area contributed by atoms with E-state index in [4.69, 9.17) is 4.74 Å². The Morgan fingerprint density at radius 2 is 1.86 bits per heavy atom. The largest absolute Gasteiger partial charge is 0.367 e. The van der Waals surface area contributed by atoms with Crippen molar-refractivity contribution in [3.05, 3.63) is 33.8 Å². The highest BCUT2D eigenvalue weighted by Crippen LogP contribution is 2.36. The average Bonchev–Trinajstić information content (AvgIpc) is 2.70. The monoisotopic (exact) mass is 360 g/mol. The van der Waals surface area contributed by atoms with E-state index in [1.807, 2.05) is 0 Å². The number of halogens is 3. The van der Waals surface area contributed by atoms with Gasteiger partial charge in [0.25, 0.3) is 0 Å². The molecule has 2 nitrogen and oxygen atoms in total. The summed E-state index contributed by atoms with van der Waals surface area (Å²) in [6.45, 7) is 2.15. The van der Waals surface area contributed by atoms with Gasteiger partial charge in [-0.15, -0.1) is 0 Å². The minimum absolute atomic E-state index is 0.0903. The van der Waals surface area contributed by atoms with Crippen molar-refractivity contribution in [1.82, 2.24) is 0 Å². The van der Waals surface area contributed by atoms with Gasteiger partial charge in [-0.2, -0.15) is 0 Å². The number of ether oxygens (including phenoxy) is 1. The van der Waals surface area contributed by atoms with E-state index in [2.05, 4.69) is 15.9 Å². The Hall–Kier alpha value is -0.810. The number of hydrogen-bond donors (Lipinski definition) is 0. The van der Waals surface area contributed by atoms with Crippen LogP contribution in [-0.4, -0.2) is 18.0 Å². The lowest BCUT2D eigenvalue weighted by atomic mass is 9.85. The lowest BCUT2D eigenvalue weighted by molar-refractivity contribution is -0.0297. The number of benzene rings is 1. The lowest BCUT2D eigenvalue weighted by Gasteiger charge is -2.31. The number of rotatable bonds is 4. The second-order valence-corrected chi connectivity index (χ2v) is 6.24. The van der Waals surface area contributed by atoms with Crippen molar-refractivity contribution in [2.75, 3.05) is 6.61 Å². The van der Waals surface area contributed by atoms with Crippen LogP contribution in [0.15, 0.2) is 16.6 Å². The third-order valence-electron chi connectivity index (χ3n) is 4.02. The minimum Gasteiger partial charge on any atom is -0.367 e. The van der Waals surface area contributed by atoms with Crippen LogP contribution in [0.2, 0.25) is 0 Å². The third-order valence-corrected chi connectivity index (χ3v) is 4.63. The summed E-state index contributed by atoms with van der Waals surface area (Å²) in [7, 11) is 0. The standard InChI is InChI=1S/C16H19BrF2O2/c1-2-21-16(9-5-3-4-6-10-16)15(20)13-12(18)8-7-11(17)14(13)19/h7-8H,2-6,9-10H2,1H3. The van der Waals surface area contributed by atoms with Gasteiger partial charge < -0.3 is 4.74 Å². The van der Waals surface area contributed by atoms with Crippen LogP contribution in [-0.2, 0) is 4.74 Å². The number of carbonyl (C=O) groups excluding carboxylic acids is 1. The summed E-state index contributed by atoms with van der Waals surface area (Å²) in [5, 5.41) is 0. The molecule has 0 amide bonds. The van der Waals surface area contributed by atoms with Crippen LogP contribution < -0.4 is 0 Å². The molecule has 1 aromatic carbocycles. The van der Waals surface area contributed by atoms with Crippen LogP contribution >= 0.6 is 15.9 Å². The number of hydrogen-bond acceptors (Lipinski definition) is 2. The Morgan fingerprint density at radius 3 is 2.43 bits per heavy atom. The zero-order valence-electron chi connectivity index (χ0n) is 12.1. The Labute approximate surface area is 132 Å². The van der Waals surface area contributed by atoms with Gasteiger partial charge in [0.1, 0.15) is 11.4 Å². The molecule has 21 heavy (non-hydrogen) atoms. The molecule has 1 aliphatic carbocycles. The van der Waals surface area contributed by atoms with Crippen molar-refractivity contribution < 1.29 is 18.3 Å². The first-order valence-electron chi connectivity index (χ1n) is 7.34. The Bertz CT molecular complexity index is 523. The zero-order valence-corrected chi connectivity index (χ0v) is 13.6. The molecule has 116 valence electrons. The number of carbonyl (C=O) groups is 1. The van der Waals surface area contributed by atoms with Crippen LogP contribution in [0.25, 0.3) is 0 Å². The van der Waals surface area contributed by atoms with Crippen molar-refractivity contribution in [3.63, 3.8) is 0 Å². The molecular formula is C16H19BrF2O2. The summed E-state index contributed by atoms with van der Waals surface area (Å²) in [5.74, 6) is -2.24. The summed E-state index contributed by atoms with van der Waals surface area (Å²) < 4.78 is 34.0. The number of ketones is 1. The molecule has 0 aromatic heterocycles. The van der Waals surface area contributed by atoms with E-state index < -0.39 is 28.6 Å². The highest BCUT2D eigenvalue weighted by Gasteiger charge is 2.42. The first-order valence-corrected chi connectivity index (χ1v) is 8.13. The Morgan fingerprint density at radius 1 is 1.24 bits per heavy atom. The Balaban J connectivity index is 2.45. The topological polar surface area (TPSA) is 26.3 Å². The molecule has 1 fully saturated rings. The Kier molecular flexibility index (Phi) is 5.49. The molecular weight excluding hydrogens is 342 g/mol. The lowest BCUT2D eigenvalue weighted by Crippen LogP contribution is -2.42. The molecule has 0 aliphatic heterocycles. The average molecular weight is 361 g/mol. The normalized spacial score (nSPS) is 18.3. The van der Waals surface area contributed by atoms with E-state index >= 15 is 0 Å². The molecule has 0 radical (unpaired) electrons. The van der Waals surface area contributed by atoms with E-state index in [0.717, 1.165) is 31.7 Å². The van der Waals surface area contributed by atoms with Gasteiger partial charge in [-0.25, -0.2) is 8.78 Å². The van der Waals surface area contributed by atoms with Gasteiger partial charge in [0.2, 0.25) is 5.78 Å². The molecule has 0 bridgehead atoms. The van der Waals surface area contributed by atoms with Crippen LogP contribution in [0.4, 0.5) is 8.78 Å². The van der Waals surface area contributed by atoms with Crippen LogP contribution in [0.1, 0.15) is 55.8 Å². The SMILES string of the molecule is CCOC1(C(=O)c2c(F)ccc(Br)c2F)CCCCCC1. The van der Waals surface area contributed by atoms with Crippen LogP contribution in [0, 0.1) is 11.6 Å². The second-order valence-electron chi connectivity index (χ2n) is 5.39. The summed E-state index contributed by atoms with van der Waals surface area (Å²) in [4.78, 5) is 12.8. The number of Topliss-reactive ketones (excluding diaryl/α,β-unsaturated/α-hetero) is 1. The first kappa shape index (κ1) is 16.6. The fraction of sp³-hybridized carbons (Fsp3) is 0.562. The summed E-state index contributed by atoms with van der Waals surface area (Å²) in [6.07, 6.45) is 4.75. The molecule has 0 N–H and O–H groups in total. The molecule has 5 heteroatoms. The maximum atomic E-state index is 14.2. The van der Waals surface area contributed by atoms with Crippen molar-refractivity contribution >= 4 is 21.7 Å². The highest BCUT2D eigenvalue weighted by atomic mass is 79.9. The molecule has 0 atom stereocenters. The van der Waals surface area contributed by atoms with Gasteiger partial charge in [-0.1, -0.05) is 25.7 Å². The van der Waals surface area contributed by atoms with Gasteiger partial charge in [0.15, 0.2) is 5.82 Å². The maximum absolute atomic E-state index is 14.2. The second kappa shape index (κ2) is 6.97. The van der Waals surface area contributed by atoms with E-state index in [-0.39, 0.29) is 4.47 Å². The van der Waals surface area contributed by atoms with Crippen molar-refractivity contribution in [3.8, 4) is 0 Å². The van der Waals surface area contributed by atoms with Gasteiger partial charge in [0, 0.05) is 6.61 Å². The molecule has 0 heterocycles. The molecule has 1 aliphatic rings. The highest BCUT2D eigenvalue weighted by molar-refractivity contribution is 9.10. The fourth-order valence-corrected chi connectivity index (χ4v) is 3.31. The van der Waals surface area contributed by atoms with Gasteiger partial charge >= 0.3 is 0 Å². The minimum atomic E-state index is -1.09. The first-order chi connectivity index (χ1) is 10.0. The van der Waals surface area contributed by atoms with Crippen LogP contribution in [0.5, 0.6) is 0 Å². The van der Waals surface area contributed by atoms with E-state index in [1.165, 1.54) is 6.07 Å². The van der Waals surface area contributed by atoms with Crippen LogP contribution in [0.3, 0.4) is 0 Å². The summed E-state index contributed by atoms with van der Waals surface area (Å²) in [5.41, 5.74) is -1.58. The van der Waals surface area contributed by atoms with Crippen molar-refractivity contribution in [1.29, 1.82) is 0 Å². The smallest absolute Gasteiger partial charge is 0.200 e. The maximum Gasteiger partial charge on any atom is 0.200 e. The molecule has 0 spiro atoms. The van der Waals surface area contributed by atoms with E-state index in [9.17, 15) is 13.6 Å². The van der Waals surface area contributed by atoms with Gasteiger partial charge in [-0.05, 0) is 47.8 Å². The third kappa shape index (κ3) is 3.34. The molecule has 2 rings (SSSR count). The van der Waals surface area contributed by atoms with Crippen molar-refractivity contribution in [2.45, 2.75) is 51.0 Å².